The lowest BCUT2D eigenvalue weighted by molar-refractivity contribution is -0.123. The van der Waals surface area contributed by atoms with Crippen LogP contribution in [0.4, 0.5) is 0 Å². The minimum Gasteiger partial charge on any atom is -0.483 e. The van der Waals surface area contributed by atoms with Crippen LogP contribution in [-0.4, -0.2) is 24.2 Å². The zero-order valence-electron chi connectivity index (χ0n) is 10.6. The molecule has 0 aliphatic carbocycles. The normalized spacial score (nSPS) is 10.5. The predicted octanol–water partition coefficient (Wildman–Crippen LogP) is 1.98. The molecule has 18 heavy (non-hydrogen) atoms. The van der Waals surface area contributed by atoms with Crippen LogP contribution in [0.1, 0.15) is 19.4 Å². The number of rotatable bonds is 6. The molecule has 0 fully saturated rings. The van der Waals surface area contributed by atoms with Gasteiger partial charge in [-0.25, -0.2) is 0 Å². The topological polar surface area (TPSA) is 58.6 Å². The molecule has 0 aliphatic rings. The molecule has 0 saturated heterocycles. The quantitative estimate of drug-likeness (QED) is 0.832. The molecule has 1 aromatic rings. The van der Waals surface area contributed by atoms with E-state index in [1.807, 2.05) is 13.8 Å². The highest BCUT2D eigenvalue weighted by Gasteiger charge is 2.09. The number of amides is 1. The van der Waals surface area contributed by atoms with Gasteiger partial charge >= 0.3 is 0 Å². The van der Waals surface area contributed by atoms with E-state index < -0.39 is 0 Å². The van der Waals surface area contributed by atoms with E-state index in [9.17, 15) is 9.90 Å². The maximum Gasteiger partial charge on any atom is 0.257 e. The van der Waals surface area contributed by atoms with Gasteiger partial charge in [0.05, 0.1) is 6.61 Å². The number of carbonyl (C=O) groups is 1. The molecule has 0 unspecified atom stereocenters. The van der Waals surface area contributed by atoms with E-state index in [-0.39, 0.29) is 19.1 Å². The Hall–Kier alpha value is -1.26. The Morgan fingerprint density at radius 3 is 2.83 bits per heavy atom. The average molecular weight is 272 g/mol. The van der Waals surface area contributed by atoms with Crippen molar-refractivity contribution in [2.45, 2.75) is 20.5 Å². The Labute approximate surface area is 112 Å². The Morgan fingerprint density at radius 2 is 2.22 bits per heavy atom. The Kier molecular flexibility index (Phi) is 5.95. The van der Waals surface area contributed by atoms with Crippen molar-refractivity contribution in [3.63, 3.8) is 0 Å². The van der Waals surface area contributed by atoms with Gasteiger partial charge in [0.15, 0.2) is 6.61 Å². The molecule has 1 amide bonds. The molecule has 4 nitrogen and oxygen atoms in total. The van der Waals surface area contributed by atoms with Gasteiger partial charge in [-0.05, 0) is 18.1 Å². The lowest BCUT2D eigenvalue weighted by Crippen LogP contribution is -2.31. The summed E-state index contributed by atoms with van der Waals surface area (Å²) in [4.78, 5) is 11.5. The number of halogens is 1. The van der Waals surface area contributed by atoms with E-state index in [0.717, 1.165) is 0 Å². The smallest absolute Gasteiger partial charge is 0.257 e. The number of nitrogens with one attached hydrogen (secondary N) is 1. The molecule has 0 heterocycles. The van der Waals surface area contributed by atoms with Gasteiger partial charge in [0.25, 0.3) is 5.91 Å². The highest BCUT2D eigenvalue weighted by Crippen LogP contribution is 2.26. The summed E-state index contributed by atoms with van der Waals surface area (Å²) in [5.41, 5.74) is 0.496. The monoisotopic (exact) mass is 271 g/mol. The van der Waals surface area contributed by atoms with Crippen LogP contribution in [0.5, 0.6) is 5.75 Å². The van der Waals surface area contributed by atoms with Gasteiger partial charge in [0.2, 0.25) is 0 Å². The summed E-state index contributed by atoms with van der Waals surface area (Å²) in [6, 6.07) is 5.05. The van der Waals surface area contributed by atoms with Crippen molar-refractivity contribution in [3.05, 3.63) is 28.8 Å². The fraction of sp³-hybridized carbons (Fsp3) is 0.462. The van der Waals surface area contributed by atoms with Crippen LogP contribution in [0.15, 0.2) is 18.2 Å². The number of hydrogen-bond donors (Lipinski definition) is 2. The highest BCUT2D eigenvalue weighted by atomic mass is 35.5. The summed E-state index contributed by atoms with van der Waals surface area (Å²) in [5.74, 6) is 0.644. The molecule has 2 N–H and O–H groups in total. The lowest BCUT2D eigenvalue weighted by Gasteiger charge is -2.12. The van der Waals surface area contributed by atoms with Crippen molar-refractivity contribution >= 4 is 17.5 Å². The summed E-state index contributed by atoms with van der Waals surface area (Å²) < 4.78 is 5.35. The molecule has 1 aromatic carbocycles. The summed E-state index contributed by atoms with van der Waals surface area (Å²) in [6.45, 7) is 4.34. The molecule has 0 atom stereocenters. The average Bonchev–Trinajstić information content (AvgIpc) is 2.33. The van der Waals surface area contributed by atoms with Crippen molar-refractivity contribution in [2.75, 3.05) is 13.2 Å². The summed E-state index contributed by atoms with van der Waals surface area (Å²) in [5, 5.41) is 12.3. The van der Waals surface area contributed by atoms with Gasteiger partial charge in [-0.1, -0.05) is 31.5 Å². The predicted molar refractivity (Wildman–Crippen MR) is 70.7 cm³/mol. The Morgan fingerprint density at radius 1 is 1.50 bits per heavy atom. The fourth-order valence-electron chi connectivity index (χ4n) is 1.34. The summed E-state index contributed by atoms with van der Waals surface area (Å²) in [7, 11) is 0. The minimum absolute atomic E-state index is 0.0833. The molecule has 5 heteroatoms. The van der Waals surface area contributed by atoms with Gasteiger partial charge in [-0.2, -0.15) is 0 Å². The zero-order valence-corrected chi connectivity index (χ0v) is 11.3. The molecule has 0 aliphatic heterocycles. The Balaban J connectivity index is 2.53. The number of carbonyl (C=O) groups excluding carboxylic acids is 1. The number of ether oxygens (including phenoxy) is 1. The van der Waals surface area contributed by atoms with Crippen LogP contribution in [0, 0.1) is 5.92 Å². The first-order valence-electron chi connectivity index (χ1n) is 5.82. The first-order valence-corrected chi connectivity index (χ1v) is 6.20. The zero-order chi connectivity index (χ0) is 13.5. The van der Waals surface area contributed by atoms with E-state index in [4.69, 9.17) is 16.3 Å². The third-order valence-corrected chi connectivity index (χ3v) is 2.65. The third-order valence-electron chi connectivity index (χ3n) is 2.30. The second-order valence-corrected chi connectivity index (χ2v) is 4.77. The van der Waals surface area contributed by atoms with E-state index >= 15 is 0 Å². The maximum atomic E-state index is 11.5. The first-order chi connectivity index (χ1) is 8.54. The SMILES string of the molecule is CC(C)CNC(=O)COc1cccc(Cl)c1CO. The summed E-state index contributed by atoms with van der Waals surface area (Å²) >= 11 is 5.91. The molecule has 100 valence electrons. The van der Waals surface area contributed by atoms with Crippen molar-refractivity contribution in [2.24, 2.45) is 5.92 Å². The second-order valence-electron chi connectivity index (χ2n) is 4.36. The van der Waals surface area contributed by atoms with E-state index in [2.05, 4.69) is 5.32 Å². The van der Waals surface area contributed by atoms with Crippen LogP contribution < -0.4 is 10.1 Å². The van der Waals surface area contributed by atoms with Gasteiger partial charge < -0.3 is 15.2 Å². The molecule has 0 saturated carbocycles. The second kappa shape index (κ2) is 7.24. The molecule has 0 aromatic heterocycles. The minimum atomic E-state index is -0.220. The lowest BCUT2D eigenvalue weighted by atomic mass is 10.2. The largest absolute Gasteiger partial charge is 0.483 e. The highest BCUT2D eigenvalue weighted by molar-refractivity contribution is 6.31. The standard InChI is InChI=1S/C13H18ClNO3/c1-9(2)6-15-13(17)8-18-12-5-3-4-11(14)10(12)7-16/h3-5,9,16H,6-8H2,1-2H3,(H,15,17). The number of hydrogen-bond acceptors (Lipinski definition) is 3. The third kappa shape index (κ3) is 4.55. The van der Waals surface area contributed by atoms with E-state index in [1.165, 1.54) is 0 Å². The molecular weight excluding hydrogens is 254 g/mol. The van der Waals surface area contributed by atoms with Crippen LogP contribution in [0.25, 0.3) is 0 Å². The van der Waals surface area contributed by atoms with Gasteiger partial charge in [-0.3, -0.25) is 4.79 Å². The first kappa shape index (κ1) is 14.8. The molecule has 0 bridgehead atoms. The Bertz CT molecular complexity index is 407. The van der Waals surface area contributed by atoms with Gasteiger partial charge in [0, 0.05) is 17.1 Å². The van der Waals surface area contributed by atoms with Crippen LogP contribution in [-0.2, 0) is 11.4 Å². The van der Waals surface area contributed by atoms with E-state index in [1.54, 1.807) is 18.2 Å². The van der Waals surface area contributed by atoms with Crippen molar-refractivity contribution in [1.29, 1.82) is 0 Å². The van der Waals surface area contributed by atoms with Crippen LogP contribution >= 0.6 is 11.6 Å². The van der Waals surface area contributed by atoms with Crippen molar-refractivity contribution < 1.29 is 14.6 Å². The maximum absolute atomic E-state index is 11.5. The van der Waals surface area contributed by atoms with Crippen molar-refractivity contribution in [3.8, 4) is 5.75 Å². The van der Waals surface area contributed by atoms with Gasteiger partial charge in [0.1, 0.15) is 5.75 Å². The molecule has 0 radical (unpaired) electrons. The van der Waals surface area contributed by atoms with Crippen molar-refractivity contribution in [1.82, 2.24) is 5.32 Å². The number of benzene rings is 1. The number of aliphatic hydroxyl groups is 1. The van der Waals surface area contributed by atoms with Crippen LogP contribution in [0.2, 0.25) is 5.02 Å². The fourth-order valence-corrected chi connectivity index (χ4v) is 1.57. The number of aliphatic hydroxyl groups excluding tert-OH is 1. The molecular formula is C13H18ClNO3. The molecule has 0 spiro atoms. The summed E-state index contributed by atoms with van der Waals surface area (Å²) in [6.07, 6.45) is 0. The van der Waals surface area contributed by atoms with E-state index in [0.29, 0.717) is 28.8 Å². The van der Waals surface area contributed by atoms with Gasteiger partial charge in [-0.15, -0.1) is 0 Å². The molecule has 1 rings (SSSR count). The van der Waals surface area contributed by atoms with Crippen LogP contribution in [0.3, 0.4) is 0 Å².